The lowest BCUT2D eigenvalue weighted by atomic mass is 10.4. The van der Waals surface area contributed by atoms with Gasteiger partial charge in [0.2, 0.25) is 0 Å². The summed E-state index contributed by atoms with van der Waals surface area (Å²) >= 11 is 0. The Labute approximate surface area is 470 Å². The van der Waals surface area contributed by atoms with Crippen molar-refractivity contribution in [2.75, 3.05) is 0 Å². The van der Waals surface area contributed by atoms with Crippen molar-refractivity contribution in [2.45, 2.75) is 52.4 Å². The third-order valence-corrected chi connectivity index (χ3v) is 57.3. The van der Waals surface area contributed by atoms with Crippen LogP contribution in [0.2, 0.25) is 52.4 Å². The van der Waals surface area contributed by atoms with E-state index in [9.17, 15) is 0 Å². The van der Waals surface area contributed by atoms with Crippen LogP contribution >= 0.6 is 0 Å². The van der Waals surface area contributed by atoms with Gasteiger partial charge in [-0.05, 0) is 93.9 Å². The molecule has 2 spiro atoms. The number of hydrogen-bond acceptors (Lipinski definition) is 12. The highest BCUT2D eigenvalue weighted by atomic mass is 28.6. The number of rotatable bonds is 8. The van der Waals surface area contributed by atoms with Crippen molar-refractivity contribution < 1.29 is 41.2 Å². The highest BCUT2D eigenvalue weighted by molar-refractivity contribution is 7.13. The van der Waals surface area contributed by atoms with Gasteiger partial charge in [-0.15, -0.1) is 0 Å². The minimum atomic E-state index is -4.54. The third kappa shape index (κ3) is 11.0. The Morgan fingerprint density at radius 1 is 0.192 bits per heavy atom. The van der Waals surface area contributed by atoms with E-state index in [2.05, 4.69) is 159 Å². The Hall–Kier alpha value is -4.55. The zero-order valence-corrected chi connectivity index (χ0v) is 55.2. The normalized spacial score (nSPS) is 22.3. The summed E-state index contributed by atoms with van der Waals surface area (Å²) in [6.07, 6.45) is 0. The molecule has 11 rings (SSSR count). The molecular formula is C56H66N2O10Si10. The molecule has 0 unspecified atom stereocenters. The number of nitrogens with one attached hydrogen (secondary N) is 2. The van der Waals surface area contributed by atoms with Gasteiger partial charge in [-0.2, -0.15) is 0 Å². The summed E-state index contributed by atoms with van der Waals surface area (Å²) in [5, 5.41) is 7.22. The standard InChI is InChI=1S/C56H66N2O10Si10/c1-69(2)57-70(3,4)60-78(67-75(53-41-25-13-26-42-53,54-43-27-14-28-44-54)64-76(68-78,55-45-29-15-30-46-55)56-47-31-16-32-48-56)62-72(7,8)58-71(5,6)61-77(59-69)65-73(49-33-17-9-18-34-49,50-35-19-10-20-36-50)63-74(66-77,51-37-21-11-22-38-51)52-39-23-12-24-40-52/h9-48,57-58H,1-8H3. The van der Waals surface area contributed by atoms with Crippen LogP contribution in [0.5, 0.6) is 0 Å². The van der Waals surface area contributed by atoms with Crippen molar-refractivity contribution in [3.8, 4) is 0 Å². The molecule has 0 saturated carbocycles. The maximum atomic E-state index is 8.02. The van der Waals surface area contributed by atoms with Crippen LogP contribution in [-0.4, -0.2) is 86.3 Å². The molecule has 78 heavy (non-hydrogen) atoms. The highest BCUT2D eigenvalue weighted by Gasteiger charge is 2.75. The lowest BCUT2D eigenvalue weighted by Gasteiger charge is -2.56. The van der Waals surface area contributed by atoms with Crippen LogP contribution in [0.25, 0.3) is 0 Å². The van der Waals surface area contributed by atoms with Crippen LogP contribution in [0.3, 0.4) is 0 Å². The monoisotopic (exact) mass is 1210 g/mol. The zero-order chi connectivity index (χ0) is 54.4. The van der Waals surface area contributed by atoms with Gasteiger partial charge in [0.15, 0.2) is 0 Å². The fraction of sp³-hybridized carbons (Fsp3) is 0.143. The van der Waals surface area contributed by atoms with Crippen molar-refractivity contribution in [3.05, 3.63) is 243 Å². The summed E-state index contributed by atoms with van der Waals surface area (Å²) in [6.45, 7) is 17.0. The van der Waals surface area contributed by atoms with Gasteiger partial charge in [-0.1, -0.05) is 243 Å². The summed E-state index contributed by atoms with van der Waals surface area (Å²) < 4.78 is 87.9. The number of benzene rings is 8. The Bertz CT molecular complexity index is 2700. The van der Waals surface area contributed by atoms with Crippen molar-refractivity contribution in [2.24, 2.45) is 0 Å². The van der Waals surface area contributed by atoms with E-state index in [1.807, 2.05) is 146 Å². The topological polar surface area (TPSA) is 116 Å². The van der Waals surface area contributed by atoms with Gasteiger partial charge in [0, 0.05) is 0 Å². The highest BCUT2D eigenvalue weighted by Crippen LogP contribution is 2.40. The van der Waals surface area contributed by atoms with E-state index in [0.717, 1.165) is 41.5 Å². The first-order valence-corrected chi connectivity index (χ1v) is 48.5. The molecule has 2 N–H and O–H groups in total. The molecule has 3 heterocycles. The first kappa shape index (κ1) is 55.4. The van der Waals surface area contributed by atoms with E-state index in [1.54, 1.807) is 0 Å². The average molecular weight is 1210 g/mol. The summed E-state index contributed by atoms with van der Waals surface area (Å²) in [7, 11) is -38.3. The molecule has 0 atom stereocenters. The molecule has 400 valence electrons. The lowest BCUT2D eigenvalue weighted by Crippen LogP contribution is -2.89. The van der Waals surface area contributed by atoms with E-state index in [-0.39, 0.29) is 0 Å². The van der Waals surface area contributed by atoms with Crippen molar-refractivity contribution in [1.29, 1.82) is 0 Å². The van der Waals surface area contributed by atoms with Crippen LogP contribution in [0.1, 0.15) is 0 Å². The van der Waals surface area contributed by atoms with E-state index in [4.69, 9.17) is 41.2 Å². The first-order valence-electron chi connectivity index (χ1n) is 26.4. The minimum absolute atomic E-state index is 0.903. The van der Waals surface area contributed by atoms with E-state index in [1.165, 1.54) is 0 Å². The van der Waals surface area contributed by atoms with Crippen molar-refractivity contribution in [3.63, 3.8) is 0 Å². The Kier molecular flexibility index (Phi) is 15.2. The van der Waals surface area contributed by atoms with Gasteiger partial charge >= 0.3 is 52.3 Å². The van der Waals surface area contributed by atoms with Crippen LogP contribution in [0, 0.1) is 0 Å². The average Bonchev–Trinajstić information content (AvgIpc) is 3.59. The van der Waals surface area contributed by atoms with Gasteiger partial charge < -0.3 is 50.4 Å². The zero-order valence-electron chi connectivity index (χ0n) is 45.2. The van der Waals surface area contributed by atoms with Crippen LogP contribution < -0.4 is 50.8 Å². The second kappa shape index (κ2) is 21.4. The van der Waals surface area contributed by atoms with E-state index in [0.29, 0.717) is 0 Å². The van der Waals surface area contributed by atoms with Gasteiger partial charge in [0.1, 0.15) is 0 Å². The fourth-order valence-corrected chi connectivity index (χ4v) is 66.8. The summed E-state index contributed by atoms with van der Waals surface area (Å²) in [4.78, 5) is 0. The second-order valence-electron chi connectivity index (χ2n) is 21.7. The van der Waals surface area contributed by atoms with Crippen molar-refractivity contribution >= 4 is 128 Å². The van der Waals surface area contributed by atoms with Crippen LogP contribution in [0.15, 0.2) is 243 Å². The Balaban J connectivity index is 1.13. The molecule has 0 aromatic heterocycles. The smallest absolute Gasteiger partial charge is 0.402 e. The SMILES string of the molecule is C[Si]1(C)N[Si](C)(C)O[Si]2(O[Si](C)(C)N[Si](C)(C)O[Si]3(O1)O[Si](c1ccccc1)(c1ccccc1)O[Si](c1ccccc1)(c1ccccc1)O3)O[Si](c1ccccc1)(c1ccccc1)O[Si](c1ccccc1)(c1ccccc1)O2. The maximum Gasteiger partial charge on any atom is 0.642 e. The molecule has 0 radical (unpaired) electrons. The molecule has 3 aliphatic rings. The van der Waals surface area contributed by atoms with Gasteiger partial charge in [-0.25, -0.2) is 0 Å². The molecular weight excluding hydrogens is 1140 g/mol. The lowest BCUT2D eigenvalue weighted by molar-refractivity contribution is 0.0940. The van der Waals surface area contributed by atoms with Crippen LogP contribution in [0.4, 0.5) is 0 Å². The summed E-state index contributed by atoms with van der Waals surface area (Å²) in [5.74, 6) is 0. The quantitative estimate of drug-likeness (QED) is 0.172. The van der Waals surface area contributed by atoms with Gasteiger partial charge in [0.25, 0.3) is 33.9 Å². The van der Waals surface area contributed by atoms with Gasteiger partial charge in [0.05, 0.1) is 0 Å². The molecule has 8 aromatic rings. The van der Waals surface area contributed by atoms with Crippen LogP contribution in [-0.2, 0) is 41.2 Å². The predicted molar refractivity (Wildman–Crippen MR) is 330 cm³/mol. The maximum absolute atomic E-state index is 8.02. The molecule has 3 fully saturated rings. The molecule has 22 heteroatoms. The molecule has 3 saturated heterocycles. The molecule has 0 aliphatic carbocycles. The molecule has 8 aromatic carbocycles. The molecule has 0 amide bonds. The van der Waals surface area contributed by atoms with E-state index < -0.39 is 86.3 Å². The Morgan fingerprint density at radius 3 is 0.474 bits per heavy atom. The molecule has 0 bridgehead atoms. The Morgan fingerprint density at radius 2 is 0.333 bits per heavy atom. The molecule has 12 nitrogen and oxygen atoms in total. The second-order valence-corrected chi connectivity index (χ2v) is 55.5. The summed E-state index contributed by atoms with van der Waals surface area (Å²) in [5.41, 5.74) is 0. The minimum Gasteiger partial charge on any atom is -0.402 e. The largest absolute Gasteiger partial charge is 0.642 e. The fourth-order valence-electron chi connectivity index (χ4n) is 11.1. The third-order valence-electron chi connectivity index (χ3n) is 13.6. The first-order chi connectivity index (χ1) is 37.3. The number of hydrogen-bond donors (Lipinski definition) is 2. The predicted octanol–water partition coefficient (Wildman–Crippen LogP) is 6.08. The summed E-state index contributed by atoms with van der Waals surface area (Å²) in [6, 6.07) is 82.5. The van der Waals surface area contributed by atoms with Crippen molar-refractivity contribution in [1.82, 2.24) is 9.30 Å². The van der Waals surface area contributed by atoms with E-state index >= 15 is 0 Å². The molecule has 3 aliphatic heterocycles. The van der Waals surface area contributed by atoms with Gasteiger partial charge in [-0.3, -0.25) is 0 Å².